The molecule has 1 atom stereocenters. The van der Waals surface area contributed by atoms with Gasteiger partial charge in [0.15, 0.2) is 4.90 Å². The molecule has 0 aliphatic carbocycles. The van der Waals surface area contributed by atoms with Crippen LogP contribution in [0, 0.1) is 0 Å². The smallest absolute Gasteiger partial charge is 0.191 e. The zero-order valence-electron chi connectivity index (χ0n) is 7.87. The van der Waals surface area contributed by atoms with Crippen molar-refractivity contribution in [1.29, 1.82) is 0 Å². The van der Waals surface area contributed by atoms with Crippen molar-refractivity contribution in [2.45, 2.75) is 30.4 Å². The van der Waals surface area contributed by atoms with Crippen LogP contribution in [0.1, 0.15) is 20.8 Å². The van der Waals surface area contributed by atoms with Crippen molar-refractivity contribution in [3.63, 3.8) is 0 Å². The fraction of sp³-hybridized carbons (Fsp3) is 0.625. The Labute approximate surface area is 76.0 Å². The van der Waals surface area contributed by atoms with Crippen LogP contribution in [0.2, 0.25) is 0 Å². The molecule has 1 heterocycles. The van der Waals surface area contributed by atoms with Crippen LogP contribution >= 0.6 is 0 Å². The van der Waals surface area contributed by atoms with Crippen LogP contribution in [-0.2, 0) is 18.2 Å². The first-order valence-electron chi connectivity index (χ1n) is 3.82. The minimum Gasteiger partial charge on any atom is -0.611 e. The standard InChI is InChI=1S/C8H14N2OS/c1-8(2,3)12(11)7-5-9-10(4)6-7/h5-6H,1-4H3. The summed E-state index contributed by atoms with van der Waals surface area (Å²) in [5.74, 6) is 0. The fourth-order valence-electron chi connectivity index (χ4n) is 0.848. The van der Waals surface area contributed by atoms with Gasteiger partial charge in [0.1, 0.15) is 10.9 Å². The highest BCUT2D eigenvalue weighted by molar-refractivity contribution is 7.92. The molecule has 0 aliphatic heterocycles. The van der Waals surface area contributed by atoms with E-state index >= 15 is 0 Å². The molecule has 0 saturated carbocycles. The average molecular weight is 186 g/mol. The summed E-state index contributed by atoms with van der Waals surface area (Å²) in [5.41, 5.74) is 0. The molecule has 0 radical (unpaired) electrons. The third-order valence-corrected chi connectivity index (χ3v) is 3.20. The number of hydrogen-bond donors (Lipinski definition) is 0. The lowest BCUT2D eigenvalue weighted by Crippen LogP contribution is -2.27. The summed E-state index contributed by atoms with van der Waals surface area (Å²) in [7, 11) is 1.82. The molecule has 0 bridgehead atoms. The molecule has 0 fully saturated rings. The summed E-state index contributed by atoms with van der Waals surface area (Å²) < 4.78 is 13.2. The second-order valence-electron chi connectivity index (χ2n) is 3.73. The predicted molar refractivity (Wildman–Crippen MR) is 49.4 cm³/mol. The minimum atomic E-state index is -0.963. The van der Waals surface area contributed by atoms with Gasteiger partial charge in [-0.15, -0.1) is 0 Å². The van der Waals surface area contributed by atoms with E-state index in [-0.39, 0.29) is 4.75 Å². The largest absolute Gasteiger partial charge is 0.611 e. The zero-order valence-corrected chi connectivity index (χ0v) is 8.68. The van der Waals surface area contributed by atoms with Gasteiger partial charge in [0.05, 0.1) is 6.20 Å². The third-order valence-electron chi connectivity index (χ3n) is 1.45. The molecule has 0 amide bonds. The molecule has 1 unspecified atom stereocenters. The molecule has 0 aliphatic rings. The highest BCUT2D eigenvalue weighted by Crippen LogP contribution is 2.23. The van der Waals surface area contributed by atoms with Crippen LogP contribution in [-0.4, -0.2) is 19.1 Å². The van der Waals surface area contributed by atoms with Crippen LogP contribution in [0.4, 0.5) is 0 Å². The first kappa shape index (κ1) is 9.61. The molecule has 0 spiro atoms. The van der Waals surface area contributed by atoms with Crippen LogP contribution < -0.4 is 0 Å². The fourth-order valence-corrected chi connectivity index (χ4v) is 1.95. The first-order valence-corrected chi connectivity index (χ1v) is 4.97. The van der Waals surface area contributed by atoms with E-state index in [4.69, 9.17) is 0 Å². The maximum atomic E-state index is 11.7. The van der Waals surface area contributed by atoms with Crippen LogP contribution in [0.5, 0.6) is 0 Å². The van der Waals surface area contributed by atoms with Crippen molar-refractivity contribution in [3.8, 4) is 0 Å². The van der Waals surface area contributed by atoms with Crippen molar-refractivity contribution < 1.29 is 4.55 Å². The molecule has 1 aromatic heterocycles. The number of nitrogens with zero attached hydrogens (tertiary/aromatic N) is 2. The summed E-state index contributed by atoms with van der Waals surface area (Å²) in [6, 6.07) is 0. The summed E-state index contributed by atoms with van der Waals surface area (Å²) in [6.07, 6.45) is 3.45. The Morgan fingerprint density at radius 1 is 1.50 bits per heavy atom. The number of rotatable bonds is 1. The Balaban J connectivity index is 2.85. The third kappa shape index (κ3) is 2.01. The number of aromatic nitrogens is 2. The lowest BCUT2D eigenvalue weighted by atomic mass is 10.3. The summed E-state index contributed by atoms with van der Waals surface area (Å²) in [4.78, 5) is 0.796. The molecule has 0 saturated heterocycles. The molecule has 0 N–H and O–H groups in total. The maximum absolute atomic E-state index is 11.7. The van der Waals surface area contributed by atoms with Gasteiger partial charge in [0.25, 0.3) is 0 Å². The van der Waals surface area contributed by atoms with E-state index in [1.807, 2.05) is 27.8 Å². The SMILES string of the molecule is Cn1cc([S+]([O-])C(C)(C)C)cn1. The molecule has 4 heteroatoms. The quantitative estimate of drug-likeness (QED) is 0.621. The molecular formula is C8H14N2OS. The zero-order chi connectivity index (χ0) is 9.35. The normalized spacial score (nSPS) is 14.8. The highest BCUT2D eigenvalue weighted by atomic mass is 32.2. The molecule has 12 heavy (non-hydrogen) atoms. The summed E-state index contributed by atoms with van der Waals surface area (Å²) in [6.45, 7) is 5.86. The highest BCUT2D eigenvalue weighted by Gasteiger charge is 2.28. The molecule has 3 nitrogen and oxygen atoms in total. The van der Waals surface area contributed by atoms with Crippen molar-refractivity contribution in [1.82, 2.24) is 9.78 Å². The van der Waals surface area contributed by atoms with Gasteiger partial charge in [-0.3, -0.25) is 4.68 Å². The van der Waals surface area contributed by atoms with Crippen LogP contribution in [0.25, 0.3) is 0 Å². The molecule has 68 valence electrons. The topological polar surface area (TPSA) is 40.9 Å². The van der Waals surface area contributed by atoms with Gasteiger partial charge in [-0.05, 0) is 31.9 Å². The van der Waals surface area contributed by atoms with E-state index < -0.39 is 11.2 Å². The lowest BCUT2D eigenvalue weighted by Gasteiger charge is -2.22. The van der Waals surface area contributed by atoms with E-state index in [9.17, 15) is 4.55 Å². The van der Waals surface area contributed by atoms with Gasteiger partial charge in [-0.25, -0.2) is 0 Å². The van der Waals surface area contributed by atoms with Crippen molar-refractivity contribution >= 4 is 11.2 Å². The predicted octanol–water partition coefficient (Wildman–Crippen LogP) is 1.33. The maximum Gasteiger partial charge on any atom is 0.191 e. The van der Waals surface area contributed by atoms with E-state index in [0.717, 1.165) is 4.90 Å². The van der Waals surface area contributed by atoms with Crippen molar-refractivity contribution in [2.75, 3.05) is 0 Å². The van der Waals surface area contributed by atoms with Gasteiger partial charge in [0.2, 0.25) is 0 Å². The van der Waals surface area contributed by atoms with Gasteiger partial charge >= 0.3 is 0 Å². The van der Waals surface area contributed by atoms with E-state index in [1.54, 1.807) is 17.1 Å². The molecule has 1 rings (SSSR count). The Morgan fingerprint density at radius 2 is 2.08 bits per heavy atom. The van der Waals surface area contributed by atoms with Crippen molar-refractivity contribution in [3.05, 3.63) is 12.4 Å². The minimum absolute atomic E-state index is 0.205. The van der Waals surface area contributed by atoms with Gasteiger partial charge in [-0.2, -0.15) is 5.10 Å². The second-order valence-corrected chi connectivity index (χ2v) is 5.96. The Morgan fingerprint density at radius 3 is 2.42 bits per heavy atom. The Kier molecular flexibility index (Phi) is 2.49. The van der Waals surface area contributed by atoms with Gasteiger partial charge < -0.3 is 4.55 Å². The van der Waals surface area contributed by atoms with E-state index in [2.05, 4.69) is 5.10 Å². The lowest BCUT2D eigenvalue weighted by molar-refractivity contribution is 0.559. The Hall–Kier alpha value is -0.480. The number of aryl methyl sites for hydroxylation is 1. The van der Waals surface area contributed by atoms with E-state index in [0.29, 0.717) is 0 Å². The summed E-state index contributed by atoms with van der Waals surface area (Å²) >= 11 is -0.963. The number of hydrogen-bond acceptors (Lipinski definition) is 2. The average Bonchev–Trinajstić information content (AvgIpc) is 2.32. The van der Waals surface area contributed by atoms with Crippen LogP contribution in [0.3, 0.4) is 0 Å². The Bertz CT molecular complexity index is 264. The van der Waals surface area contributed by atoms with Crippen LogP contribution in [0.15, 0.2) is 17.3 Å². The van der Waals surface area contributed by atoms with Gasteiger partial charge in [0, 0.05) is 7.05 Å². The monoisotopic (exact) mass is 186 g/mol. The van der Waals surface area contributed by atoms with Gasteiger partial charge in [-0.1, -0.05) is 0 Å². The molecular weight excluding hydrogens is 172 g/mol. The van der Waals surface area contributed by atoms with Crippen molar-refractivity contribution in [2.24, 2.45) is 7.05 Å². The van der Waals surface area contributed by atoms with E-state index in [1.165, 1.54) is 0 Å². The molecule has 0 aromatic carbocycles. The summed E-state index contributed by atoms with van der Waals surface area (Å²) in [5, 5.41) is 3.97. The first-order chi connectivity index (χ1) is 5.41. The second kappa shape index (κ2) is 3.11. The molecule has 1 aromatic rings.